The second kappa shape index (κ2) is 7.68. The van der Waals surface area contributed by atoms with Crippen LogP contribution >= 0.6 is 0 Å². The number of benzene rings is 2. The zero-order chi connectivity index (χ0) is 16.8. The second-order valence-electron chi connectivity index (χ2n) is 5.54. The molecule has 0 bridgehead atoms. The van der Waals surface area contributed by atoms with E-state index in [1.807, 2.05) is 6.92 Å². The molecule has 0 aliphatic carbocycles. The van der Waals surface area contributed by atoms with E-state index in [1.54, 1.807) is 24.3 Å². The van der Waals surface area contributed by atoms with Crippen molar-refractivity contribution in [3.8, 4) is 0 Å². The van der Waals surface area contributed by atoms with Crippen molar-refractivity contribution in [2.45, 2.75) is 32.7 Å². The highest BCUT2D eigenvalue weighted by atomic mass is 19.1. The van der Waals surface area contributed by atoms with Gasteiger partial charge in [0.15, 0.2) is 5.78 Å². The number of nitrogens with one attached hydrogen (secondary N) is 1. The minimum atomic E-state index is -0.402. The van der Waals surface area contributed by atoms with Gasteiger partial charge in [0.05, 0.1) is 5.56 Å². The van der Waals surface area contributed by atoms with Crippen LogP contribution in [0.1, 0.15) is 53.0 Å². The second-order valence-corrected chi connectivity index (χ2v) is 5.54. The topological polar surface area (TPSA) is 46.2 Å². The summed E-state index contributed by atoms with van der Waals surface area (Å²) in [5, 5.41) is 2.90. The average Bonchev–Trinajstić information content (AvgIpc) is 2.55. The predicted molar refractivity (Wildman–Crippen MR) is 88.1 cm³/mol. The van der Waals surface area contributed by atoms with Crippen LogP contribution in [-0.4, -0.2) is 17.7 Å². The molecule has 2 rings (SSSR count). The van der Waals surface area contributed by atoms with Crippen LogP contribution in [0.4, 0.5) is 4.39 Å². The van der Waals surface area contributed by atoms with Crippen LogP contribution in [0.25, 0.3) is 0 Å². The zero-order valence-corrected chi connectivity index (χ0v) is 13.3. The Morgan fingerprint density at radius 3 is 2.26 bits per heavy atom. The van der Waals surface area contributed by atoms with Gasteiger partial charge in [0, 0.05) is 17.2 Å². The van der Waals surface area contributed by atoms with Crippen LogP contribution in [0.3, 0.4) is 0 Å². The highest BCUT2D eigenvalue weighted by Gasteiger charge is 2.19. The fourth-order valence-corrected chi connectivity index (χ4v) is 2.44. The average molecular weight is 313 g/mol. The van der Waals surface area contributed by atoms with Crippen molar-refractivity contribution in [2.75, 3.05) is 0 Å². The first-order valence-electron chi connectivity index (χ1n) is 7.73. The Hall–Kier alpha value is -2.49. The van der Waals surface area contributed by atoms with E-state index in [2.05, 4.69) is 12.2 Å². The normalized spacial score (nSPS) is 11.8. The van der Waals surface area contributed by atoms with Gasteiger partial charge in [-0.2, -0.15) is 0 Å². The molecule has 2 aromatic carbocycles. The SMILES string of the molecule is CCCC(C)NC(=O)c1ccccc1C(=O)c1ccc(F)cc1. The summed E-state index contributed by atoms with van der Waals surface area (Å²) in [4.78, 5) is 25.0. The number of amides is 1. The first-order valence-corrected chi connectivity index (χ1v) is 7.73. The van der Waals surface area contributed by atoms with Gasteiger partial charge in [-0.05, 0) is 43.7 Å². The summed E-state index contributed by atoms with van der Waals surface area (Å²) in [6.45, 7) is 3.99. The van der Waals surface area contributed by atoms with Gasteiger partial charge in [-0.1, -0.05) is 31.5 Å². The standard InChI is InChI=1S/C19H20FNO2/c1-3-6-13(2)21-19(23)17-8-5-4-7-16(17)18(22)14-9-11-15(20)12-10-14/h4-5,7-13H,3,6H2,1-2H3,(H,21,23). The van der Waals surface area contributed by atoms with Gasteiger partial charge >= 0.3 is 0 Å². The third-order valence-corrected chi connectivity index (χ3v) is 3.62. The highest BCUT2D eigenvalue weighted by molar-refractivity contribution is 6.15. The van der Waals surface area contributed by atoms with E-state index in [0.717, 1.165) is 12.8 Å². The molecule has 1 amide bonds. The van der Waals surface area contributed by atoms with Crippen LogP contribution in [0.2, 0.25) is 0 Å². The molecule has 0 heterocycles. The molecule has 1 N–H and O–H groups in total. The Balaban J connectivity index is 2.28. The van der Waals surface area contributed by atoms with E-state index in [1.165, 1.54) is 24.3 Å². The third kappa shape index (κ3) is 4.25. The van der Waals surface area contributed by atoms with Crippen molar-refractivity contribution in [1.29, 1.82) is 0 Å². The summed E-state index contributed by atoms with van der Waals surface area (Å²) in [5.74, 6) is -0.961. The molecule has 0 fully saturated rings. The fraction of sp³-hybridized carbons (Fsp3) is 0.263. The van der Waals surface area contributed by atoms with E-state index in [-0.39, 0.29) is 17.7 Å². The van der Waals surface area contributed by atoms with Gasteiger partial charge in [-0.3, -0.25) is 9.59 Å². The van der Waals surface area contributed by atoms with Gasteiger partial charge in [0.1, 0.15) is 5.82 Å². The number of carbonyl (C=O) groups excluding carboxylic acids is 2. The van der Waals surface area contributed by atoms with Crippen molar-refractivity contribution in [1.82, 2.24) is 5.32 Å². The van der Waals surface area contributed by atoms with Crippen LogP contribution < -0.4 is 5.32 Å². The molecular weight excluding hydrogens is 293 g/mol. The first kappa shape index (κ1) is 16.9. The monoisotopic (exact) mass is 313 g/mol. The molecule has 2 aromatic rings. The van der Waals surface area contributed by atoms with Gasteiger partial charge in [0.25, 0.3) is 5.91 Å². The van der Waals surface area contributed by atoms with Crippen LogP contribution in [-0.2, 0) is 0 Å². The molecule has 0 aliphatic rings. The van der Waals surface area contributed by atoms with E-state index in [0.29, 0.717) is 16.7 Å². The molecule has 1 atom stereocenters. The summed E-state index contributed by atoms with van der Waals surface area (Å²) < 4.78 is 13.0. The third-order valence-electron chi connectivity index (χ3n) is 3.62. The van der Waals surface area contributed by atoms with Gasteiger partial charge in [-0.15, -0.1) is 0 Å². The van der Waals surface area contributed by atoms with Gasteiger partial charge in [0.2, 0.25) is 0 Å². The molecule has 23 heavy (non-hydrogen) atoms. The fourth-order valence-electron chi connectivity index (χ4n) is 2.44. The largest absolute Gasteiger partial charge is 0.350 e. The lowest BCUT2D eigenvalue weighted by Crippen LogP contribution is -2.33. The molecule has 3 nitrogen and oxygen atoms in total. The number of carbonyl (C=O) groups is 2. The maximum atomic E-state index is 13.0. The molecule has 0 saturated carbocycles. The summed E-state index contributed by atoms with van der Waals surface area (Å²) in [6, 6.07) is 12.0. The maximum absolute atomic E-state index is 13.0. The molecule has 4 heteroatoms. The summed E-state index contributed by atoms with van der Waals surface area (Å²) in [7, 11) is 0. The Morgan fingerprint density at radius 1 is 1.04 bits per heavy atom. The van der Waals surface area contributed by atoms with Crippen molar-refractivity contribution in [3.63, 3.8) is 0 Å². The molecule has 1 unspecified atom stereocenters. The minimum absolute atomic E-state index is 0.0430. The molecule has 0 aromatic heterocycles. The molecule has 0 radical (unpaired) electrons. The Morgan fingerprint density at radius 2 is 1.65 bits per heavy atom. The van der Waals surface area contributed by atoms with E-state index in [4.69, 9.17) is 0 Å². The summed E-state index contributed by atoms with van der Waals surface area (Å²) in [6.07, 6.45) is 1.84. The molecule has 0 spiro atoms. The van der Waals surface area contributed by atoms with E-state index >= 15 is 0 Å². The lowest BCUT2D eigenvalue weighted by atomic mass is 9.97. The molecule has 120 valence electrons. The smallest absolute Gasteiger partial charge is 0.252 e. The minimum Gasteiger partial charge on any atom is -0.350 e. The summed E-state index contributed by atoms with van der Waals surface area (Å²) >= 11 is 0. The number of hydrogen-bond donors (Lipinski definition) is 1. The van der Waals surface area contributed by atoms with Crippen molar-refractivity contribution in [3.05, 3.63) is 71.0 Å². The van der Waals surface area contributed by atoms with Crippen molar-refractivity contribution < 1.29 is 14.0 Å². The lowest BCUT2D eigenvalue weighted by molar-refractivity contribution is 0.0928. The van der Waals surface area contributed by atoms with E-state index in [9.17, 15) is 14.0 Å². The molecular formula is C19H20FNO2. The Kier molecular flexibility index (Phi) is 5.63. The van der Waals surface area contributed by atoms with Crippen molar-refractivity contribution in [2.24, 2.45) is 0 Å². The van der Waals surface area contributed by atoms with Crippen LogP contribution in [0.5, 0.6) is 0 Å². The Bertz CT molecular complexity index is 695. The number of halogens is 1. The quantitative estimate of drug-likeness (QED) is 0.820. The van der Waals surface area contributed by atoms with E-state index < -0.39 is 5.82 Å². The van der Waals surface area contributed by atoms with Gasteiger partial charge in [-0.25, -0.2) is 4.39 Å². The summed E-state index contributed by atoms with van der Waals surface area (Å²) in [5.41, 5.74) is 1.01. The lowest BCUT2D eigenvalue weighted by Gasteiger charge is -2.14. The number of hydrogen-bond acceptors (Lipinski definition) is 2. The number of ketones is 1. The predicted octanol–water partition coefficient (Wildman–Crippen LogP) is 3.98. The van der Waals surface area contributed by atoms with Crippen LogP contribution in [0, 0.1) is 5.82 Å². The highest BCUT2D eigenvalue weighted by Crippen LogP contribution is 2.16. The molecule has 0 saturated heterocycles. The van der Waals surface area contributed by atoms with Gasteiger partial charge < -0.3 is 5.32 Å². The number of rotatable bonds is 6. The maximum Gasteiger partial charge on any atom is 0.252 e. The Labute approximate surface area is 135 Å². The zero-order valence-electron chi connectivity index (χ0n) is 13.3. The molecule has 0 aliphatic heterocycles. The van der Waals surface area contributed by atoms with Crippen molar-refractivity contribution >= 4 is 11.7 Å². The van der Waals surface area contributed by atoms with Crippen LogP contribution in [0.15, 0.2) is 48.5 Å². The first-order chi connectivity index (χ1) is 11.0.